The van der Waals surface area contributed by atoms with Crippen molar-refractivity contribution in [1.82, 2.24) is 9.47 Å². The highest BCUT2D eigenvalue weighted by Crippen LogP contribution is 2.37. The van der Waals surface area contributed by atoms with Crippen molar-refractivity contribution in [3.05, 3.63) is 18.0 Å². The first kappa shape index (κ1) is 12.5. The number of nitrogens with two attached hydrogens (primary N) is 1. The van der Waals surface area contributed by atoms with Gasteiger partial charge in [-0.2, -0.15) is 0 Å². The van der Waals surface area contributed by atoms with E-state index in [0.29, 0.717) is 30.5 Å². The van der Waals surface area contributed by atoms with Crippen molar-refractivity contribution in [1.29, 1.82) is 0 Å². The average Bonchev–Trinajstić information content (AvgIpc) is 3.10. The fourth-order valence-corrected chi connectivity index (χ4v) is 2.88. The van der Waals surface area contributed by atoms with Gasteiger partial charge in [0.25, 0.3) is 5.91 Å². The Balaban J connectivity index is 1.83. The van der Waals surface area contributed by atoms with Crippen LogP contribution in [-0.2, 0) is 0 Å². The molecule has 0 bridgehead atoms. The first-order chi connectivity index (χ1) is 8.96. The molecule has 2 fully saturated rings. The lowest BCUT2D eigenvalue weighted by atomic mass is 9.95. The molecule has 19 heavy (non-hydrogen) atoms. The maximum Gasteiger partial charge on any atom is 0.270 e. The molecular weight excluding hydrogens is 242 g/mol. The van der Waals surface area contributed by atoms with Crippen molar-refractivity contribution < 1.29 is 9.90 Å². The van der Waals surface area contributed by atoms with Crippen LogP contribution in [-0.4, -0.2) is 39.2 Å². The molecule has 3 rings (SSSR count). The number of piperidine rings is 1. The molecule has 1 atom stereocenters. The molecule has 1 aliphatic carbocycles. The smallest absolute Gasteiger partial charge is 0.270 e. The van der Waals surface area contributed by atoms with Crippen LogP contribution >= 0.6 is 0 Å². The second-order valence-corrected chi connectivity index (χ2v) is 6.12. The van der Waals surface area contributed by atoms with Crippen LogP contribution in [0.15, 0.2) is 12.3 Å². The van der Waals surface area contributed by atoms with Gasteiger partial charge in [-0.25, -0.2) is 0 Å². The van der Waals surface area contributed by atoms with E-state index < -0.39 is 5.60 Å². The van der Waals surface area contributed by atoms with Gasteiger partial charge >= 0.3 is 0 Å². The molecule has 5 heteroatoms. The third-order valence-corrected chi connectivity index (χ3v) is 3.99. The molecule has 1 unspecified atom stereocenters. The summed E-state index contributed by atoms with van der Waals surface area (Å²) in [6.07, 6.45) is 5.69. The fourth-order valence-electron chi connectivity index (χ4n) is 2.88. The molecule has 0 radical (unpaired) electrons. The Morgan fingerprint density at radius 1 is 1.53 bits per heavy atom. The van der Waals surface area contributed by atoms with Gasteiger partial charge in [0.05, 0.1) is 11.3 Å². The second-order valence-electron chi connectivity index (χ2n) is 6.12. The molecule has 1 amide bonds. The van der Waals surface area contributed by atoms with Gasteiger partial charge in [0.1, 0.15) is 5.69 Å². The van der Waals surface area contributed by atoms with Crippen molar-refractivity contribution in [3.63, 3.8) is 0 Å². The molecule has 1 aromatic rings. The Morgan fingerprint density at radius 3 is 2.89 bits per heavy atom. The van der Waals surface area contributed by atoms with Gasteiger partial charge in [0, 0.05) is 25.3 Å². The minimum absolute atomic E-state index is 0.0106. The van der Waals surface area contributed by atoms with E-state index in [0.717, 1.165) is 25.7 Å². The summed E-state index contributed by atoms with van der Waals surface area (Å²) in [5.74, 6) is -0.0106. The molecule has 1 saturated carbocycles. The lowest BCUT2D eigenvalue weighted by molar-refractivity contribution is -0.0111. The lowest BCUT2D eigenvalue weighted by Crippen LogP contribution is -2.48. The number of hydrogen-bond acceptors (Lipinski definition) is 3. The maximum absolute atomic E-state index is 12.6. The summed E-state index contributed by atoms with van der Waals surface area (Å²) >= 11 is 0. The molecular formula is C14H21N3O2. The zero-order valence-corrected chi connectivity index (χ0v) is 11.3. The van der Waals surface area contributed by atoms with Gasteiger partial charge in [-0.1, -0.05) is 0 Å². The van der Waals surface area contributed by atoms with Crippen molar-refractivity contribution >= 4 is 11.6 Å². The summed E-state index contributed by atoms with van der Waals surface area (Å²) < 4.78 is 2.00. The molecule has 0 aromatic carbocycles. The fraction of sp³-hybridized carbons (Fsp3) is 0.643. The van der Waals surface area contributed by atoms with Gasteiger partial charge in [0.2, 0.25) is 0 Å². The minimum Gasteiger partial charge on any atom is -0.397 e. The van der Waals surface area contributed by atoms with Crippen LogP contribution in [0.1, 0.15) is 49.1 Å². The first-order valence-electron chi connectivity index (χ1n) is 6.95. The molecule has 3 N–H and O–H groups in total. The largest absolute Gasteiger partial charge is 0.397 e. The Hall–Kier alpha value is -1.49. The Morgan fingerprint density at radius 2 is 2.26 bits per heavy atom. The highest BCUT2D eigenvalue weighted by Gasteiger charge is 2.34. The number of amides is 1. The summed E-state index contributed by atoms with van der Waals surface area (Å²) in [6.45, 7) is 2.91. The Kier molecular flexibility index (Phi) is 2.82. The predicted octanol–water partition coefficient (Wildman–Crippen LogP) is 1.39. The number of carbonyl (C=O) groups excluding carboxylic acids is 1. The molecule has 104 valence electrons. The molecule has 2 heterocycles. The SMILES string of the molecule is CC1(O)CCCN(C(=O)c2cc(N)cn2C2CC2)C1. The summed E-state index contributed by atoms with van der Waals surface area (Å²) in [4.78, 5) is 14.3. The Labute approximate surface area is 113 Å². The monoisotopic (exact) mass is 263 g/mol. The van der Waals surface area contributed by atoms with E-state index in [1.54, 1.807) is 17.9 Å². The molecule has 1 aromatic heterocycles. The summed E-state index contributed by atoms with van der Waals surface area (Å²) in [5.41, 5.74) is 6.36. The third kappa shape index (κ3) is 2.47. The van der Waals surface area contributed by atoms with Gasteiger partial charge in [-0.3, -0.25) is 4.79 Å². The number of nitrogens with zero attached hydrogens (tertiary/aromatic N) is 2. The third-order valence-electron chi connectivity index (χ3n) is 3.99. The van der Waals surface area contributed by atoms with Crippen molar-refractivity contribution in [2.45, 2.75) is 44.2 Å². The van der Waals surface area contributed by atoms with Crippen molar-refractivity contribution in [2.24, 2.45) is 0 Å². The second kappa shape index (κ2) is 4.27. The average molecular weight is 263 g/mol. The van der Waals surface area contributed by atoms with Crippen LogP contribution in [0.2, 0.25) is 0 Å². The maximum atomic E-state index is 12.6. The number of anilines is 1. The van der Waals surface area contributed by atoms with E-state index in [9.17, 15) is 9.90 Å². The van der Waals surface area contributed by atoms with Gasteiger partial charge in [-0.15, -0.1) is 0 Å². The molecule has 2 aliphatic rings. The number of β-amino-alcohol motifs (C(OH)–C–C–N with tert-alkyl or cyclic N) is 1. The van der Waals surface area contributed by atoms with Crippen LogP contribution in [0.25, 0.3) is 0 Å². The number of aromatic nitrogens is 1. The Bertz CT molecular complexity index is 503. The molecule has 1 aliphatic heterocycles. The summed E-state index contributed by atoms with van der Waals surface area (Å²) in [5, 5.41) is 10.1. The van der Waals surface area contributed by atoms with E-state index in [4.69, 9.17) is 5.73 Å². The number of hydrogen-bond donors (Lipinski definition) is 2. The van der Waals surface area contributed by atoms with Crippen LogP contribution in [0.5, 0.6) is 0 Å². The van der Waals surface area contributed by atoms with Gasteiger partial charge in [-0.05, 0) is 38.7 Å². The number of aliphatic hydroxyl groups is 1. The predicted molar refractivity (Wildman–Crippen MR) is 72.9 cm³/mol. The number of carbonyl (C=O) groups is 1. The summed E-state index contributed by atoms with van der Waals surface area (Å²) in [7, 11) is 0. The number of nitrogen functional groups attached to an aromatic ring is 1. The molecule has 1 saturated heterocycles. The molecule has 5 nitrogen and oxygen atoms in total. The van der Waals surface area contributed by atoms with Crippen LogP contribution in [0.4, 0.5) is 5.69 Å². The van der Waals surface area contributed by atoms with Crippen molar-refractivity contribution in [2.75, 3.05) is 18.8 Å². The van der Waals surface area contributed by atoms with Gasteiger partial charge in [0.15, 0.2) is 0 Å². The zero-order chi connectivity index (χ0) is 13.6. The van der Waals surface area contributed by atoms with Crippen molar-refractivity contribution in [3.8, 4) is 0 Å². The topological polar surface area (TPSA) is 71.5 Å². The van der Waals surface area contributed by atoms with Crippen LogP contribution < -0.4 is 5.73 Å². The minimum atomic E-state index is -0.767. The van der Waals surface area contributed by atoms with Gasteiger partial charge < -0.3 is 20.3 Å². The molecule has 0 spiro atoms. The quantitative estimate of drug-likeness (QED) is 0.847. The zero-order valence-electron chi connectivity index (χ0n) is 11.3. The van der Waals surface area contributed by atoms with E-state index in [1.807, 2.05) is 10.8 Å². The van der Waals surface area contributed by atoms with Crippen LogP contribution in [0.3, 0.4) is 0 Å². The van der Waals surface area contributed by atoms with E-state index >= 15 is 0 Å². The lowest BCUT2D eigenvalue weighted by Gasteiger charge is -2.36. The normalized spacial score (nSPS) is 27.6. The number of likely N-dealkylation sites (tertiary alicyclic amines) is 1. The first-order valence-corrected chi connectivity index (χ1v) is 6.95. The highest BCUT2D eigenvalue weighted by molar-refractivity contribution is 5.94. The summed E-state index contributed by atoms with van der Waals surface area (Å²) in [6, 6.07) is 2.19. The standard InChI is InChI=1S/C14H21N3O2/c1-14(19)5-2-6-16(9-14)13(18)12-7-10(15)8-17(12)11-3-4-11/h7-8,11,19H,2-6,9,15H2,1H3. The van der Waals surface area contributed by atoms with E-state index in [2.05, 4.69) is 0 Å². The van der Waals surface area contributed by atoms with E-state index in [-0.39, 0.29) is 5.91 Å². The highest BCUT2D eigenvalue weighted by atomic mass is 16.3. The number of rotatable bonds is 2. The van der Waals surface area contributed by atoms with E-state index in [1.165, 1.54) is 0 Å². The van der Waals surface area contributed by atoms with Crippen LogP contribution in [0, 0.1) is 0 Å².